The lowest BCUT2D eigenvalue weighted by atomic mass is 9.35. The summed E-state index contributed by atoms with van der Waals surface area (Å²) in [6.45, 7) is 1.12. The van der Waals surface area contributed by atoms with Crippen LogP contribution in [-0.4, -0.2) is 61.2 Å². The summed E-state index contributed by atoms with van der Waals surface area (Å²) in [5.74, 6) is 3.33. The number of piperidine rings is 1. The summed E-state index contributed by atoms with van der Waals surface area (Å²) >= 11 is 3.73. The molecular weight excluding hydrogens is 488 g/mol. The van der Waals surface area contributed by atoms with Crippen molar-refractivity contribution in [3.8, 4) is 11.5 Å². The molecule has 2 aliphatic heterocycles. The molecule has 4 fully saturated rings. The summed E-state index contributed by atoms with van der Waals surface area (Å²) in [5.41, 5.74) is 3.99. The number of aromatic nitrogens is 1. The molecule has 0 radical (unpaired) electrons. The SMILES string of the molecule is COc1ccc2c3c1O[C@H]1[C@@]4(OC)CC[C@@]5(C[C@@H]4CSc4nc6ccccc6s4)C(C2)N(C)CC[C@]315. The van der Waals surface area contributed by atoms with Crippen LogP contribution < -0.4 is 9.47 Å². The number of fused-ring (bicyclic) bond motifs is 3. The number of thiazole rings is 1. The predicted octanol–water partition coefficient (Wildman–Crippen LogP) is 5.54. The highest BCUT2D eigenvalue weighted by Gasteiger charge is 2.80. The Bertz CT molecular complexity index is 1360. The maximum absolute atomic E-state index is 7.10. The van der Waals surface area contributed by atoms with Crippen LogP contribution in [0.25, 0.3) is 10.2 Å². The third-order valence-electron chi connectivity index (χ3n) is 10.7. The van der Waals surface area contributed by atoms with Gasteiger partial charge in [-0.25, -0.2) is 4.98 Å². The van der Waals surface area contributed by atoms with E-state index in [2.05, 4.69) is 48.3 Å². The number of benzene rings is 2. The van der Waals surface area contributed by atoms with E-state index in [-0.39, 0.29) is 22.5 Å². The molecule has 6 atom stereocenters. The van der Waals surface area contributed by atoms with Gasteiger partial charge < -0.3 is 19.1 Å². The van der Waals surface area contributed by atoms with Crippen molar-refractivity contribution < 1.29 is 14.2 Å². The van der Waals surface area contributed by atoms with E-state index in [4.69, 9.17) is 19.2 Å². The Balaban J connectivity index is 1.25. The minimum atomic E-state index is -0.287. The van der Waals surface area contributed by atoms with Crippen LogP contribution in [0.1, 0.15) is 36.8 Å². The van der Waals surface area contributed by atoms with Crippen molar-refractivity contribution in [2.75, 3.05) is 33.6 Å². The van der Waals surface area contributed by atoms with Gasteiger partial charge in [-0.3, -0.25) is 0 Å². The molecule has 4 aliphatic carbocycles. The third kappa shape index (κ3) is 2.45. The first-order chi connectivity index (χ1) is 17.6. The van der Waals surface area contributed by atoms with Crippen molar-refractivity contribution in [2.45, 2.75) is 59.6 Å². The Hall–Kier alpha value is -1.80. The van der Waals surface area contributed by atoms with E-state index < -0.39 is 0 Å². The summed E-state index contributed by atoms with van der Waals surface area (Å²) in [5, 5.41) is 0. The molecule has 6 aliphatic rings. The number of hydrogen-bond donors (Lipinski definition) is 0. The summed E-state index contributed by atoms with van der Waals surface area (Å²) in [6.07, 6.45) is 5.77. The van der Waals surface area contributed by atoms with Crippen molar-refractivity contribution in [3.05, 3.63) is 47.5 Å². The standard InChI is InChI=1S/C29H32N2O3S2/c1-31-13-12-28-23-17-8-9-20(32-2)24(23)34-25(28)29(33-3)11-10-27(28,22(31)14-17)15-18(29)16-35-26-30-19-6-4-5-7-21(19)36-26/h4-9,18,22,25H,10-16H2,1-3H3/t18-,22?,25-,27-,28+,29-/m1/s1. The second kappa shape index (κ2) is 7.40. The van der Waals surface area contributed by atoms with Crippen LogP contribution in [0.2, 0.25) is 0 Å². The van der Waals surface area contributed by atoms with Crippen molar-refractivity contribution >= 4 is 33.3 Å². The zero-order valence-electron chi connectivity index (χ0n) is 21.1. The number of methoxy groups -OCH3 is 2. The molecule has 3 saturated carbocycles. The van der Waals surface area contributed by atoms with Crippen molar-refractivity contribution in [1.29, 1.82) is 0 Å². The van der Waals surface area contributed by atoms with Crippen LogP contribution in [0, 0.1) is 11.3 Å². The summed E-state index contributed by atoms with van der Waals surface area (Å²) in [6, 6.07) is 13.4. The maximum Gasteiger partial charge on any atom is 0.165 e. The highest BCUT2D eigenvalue weighted by Crippen LogP contribution is 2.76. The van der Waals surface area contributed by atoms with Gasteiger partial charge in [0.05, 0.1) is 17.3 Å². The molecule has 5 nitrogen and oxygen atoms in total. The van der Waals surface area contributed by atoms with Gasteiger partial charge >= 0.3 is 0 Å². The average Bonchev–Trinajstić information content (AvgIpc) is 3.49. The predicted molar refractivity (Wildman–Crippen MR) is 144 cm³/mol. The van der Waals surface area contributed by atoms with E-state index in [1.807, 2.05) is 30.2 Å². The van der Waals surface area contributed by atoms with Crippen LogP contribution in [0.15, 0.2) is 40.7 Å². The summed E-state index contributed by atoms with van der Waals surface area (Å²) in [4.78, 5) is 7.59. The lowest BCUT2D eigenvalue weighted by molar-refractivity contribution is -0.271. The zero-order valence-corrected chi connectivity index (χ0v) is 22.7. The molecule has 1 unspecified atom stereocenters. The molecule has 1 saturated heterocycles. The first-order valence-electron chi connectivity index (χ1n) is 13.2. The Kier molecular flexibility index (Phi) is 4.57. The highest BCUT2D eigenvalue weighted by molar-refractivity contribution is 8.01. The molecule has 36 heavy (non-hydrogen) atoms. The second-order valence-electron chi connectivity index (χ2n) is 11.5. The zero-order chi connectivity index (χ0) is 24.3. The van der Waals surface area contributed by atoms with E-state index in [1.54, 1.807) is 7.11 Å². The van der Waals surface area contributed by atoms with Crippen molar-refractivity contribution in [1.82, 2.24) is 9.88 Å². The number of thioether (sulfide) groups is 1. The van der Waals surface area contributed by atoms with Crippen LogP contribution >= 0.6 is 23.1 Å². The Morgan fingerprint density at radius 2 is 2.06 bits per heavy atom. The second-order valence-corrected chi connectivity index (χ2v) is 13.8. The monoisotopic (exact) mass is 520 g/mol. The van der Waals surface area contributed by atoms with E-state index in [1.165, 1.54) is 28.7 Å². The van der Waals surface area contributed by atoms with Gasteiger partial charge in [-0.1, -0.05) is 30.0 Å². The lowest BCUT2D eigenvalue weighted by Gasteiger charge is -2.73. The minimum absolute atomic E-state index is 0.0208. The van der Waals surface area contributed by atoms with Crippen molar-refractivity contribution in [2.24, 2.45) is 11.3 Å². The fraction of sp³-hybridized carbons (Fsp3) is 0.552. The lowest BCUT2D eigenvalue weighted by Crippen LogP contribution is -2.80. The number of ether oxygens (including phenoxy) is 3. The van der Waals surface area contributed by atoms with Gasteiger partial charge in [-0.15, -0.1) is 11.3 Å². The van der Waals surface area contributed by atoms with E-state index in [0.29, 0.717) is 12.0 Å². The number of hydrogen-bond acceptors (Lipinski definition) is 7. The number of nitrogens with zero attached hydrogens (tertiary/aromatic N) is 2. The number of rotatable bonds is 5. The first-order valence-corrected chi connectivity index (χ1v) is 15.0. The Labute approximate surface area is 220 Å². The first kappa shape index (κ1) is 22.2. The van der Waals surface area contributed by atoms with Gasteiger partial charge in [0.1, 0.15) is 11.7 Å². The topological polar surface area (TPSA) is 43.8 Å². The Morgan fingerprint density at radius 3 is 2.89 bits per heavy atom. The number of para-hydroxylation sites is 1. The molecule has 1 aromatic heterocycles. The average molecular weight is 521 g/mol. The van der Waals surface area contributed by atoms with Gasteiger partial charge in [0.2, 0.25) is 0 Å². The van der Waals surface area contributed by atoms with Gasteiger partial charge in [-0.2, -0.15) is 0 Å². The molecule has 4 bridgehead atoms. The molecule has 9 rings (SSSR count). The van der Waals surface area contributed by atoms with E-state index in [9.17, 15) is 0 Å². The van der Waals surface area contributed by atoms with Crippen LogP contribution in [-0.2, 0) is 16.6 Å². The number of likely N-dealkylation sites (N-methyl/N-ethyl adjacent to an activating group) is 1. The Morgan fingerprint density at radius 1 is 1.17 bits per heavy atom. The van der Waals surface area contributed by atoms with Crippen LogP contribution in [0.5, 0.6) is 11.5 Å². The fourth-order valence-electron chi connectivity index (χ4n) is 9.26. The summed E-state index contributed by atoms with van der Waals surface area (Å²) in [7, 11) is 6.06. The molecular formula is C29H32N2O3S2. The molecule has 2 spiro atoms. The van der Waals surface area contributed by atoms with E-state index >= 15 is 0 Å². The third-order valence-corrected chi connectivity index (χ3v) is 13.0. The molecule has 2 aromatic carbocycles. The minimum Gasteiger partial charge on any atom is -0.493 e. The van der Waals surface area contributed by atoms with Gasteiger partial charge in [0.15, 0.2) is 15.8 Å². The van der Waals surface area contributed by atoms with Gasteiger partial charge in [0, 0.05) is 41.2 Å². The van der Waals surface area contributed by atoms with Crippen molar-refractivity contribution in [3.63, 3.8) is 0 Å². The smallest absolute Gasteiger partial charge is 0.165 e. The molecule has 7 heteroatoms. The maximum atomic E-state index is 7.10. The van der Waals surface area contributed by atoms with Crippen LogP contribution in [0.3, 0.4) is 0 Å². The van der Waals surface area contributed by atoms with Gasteiger partial charge in [0.25, 0.3) is 0 Å². The van der Waals surface area contributed by atoms with Crippen LogP contribution in [0.4, 0.5) is 0 Å². The molecule has 188 valence electrons. The van der Waals surface area contributed by atoms with Gasteiger partial charge in [-0.05, 0) is 69.5 Å². The molecule has 0 amide bonds. The molecule has 3 aromatic rings. The fourth-order valence-corrected chi connectivity index (χ4v) is 11.6. The number of likely N-dealkylation sites (tertiary alicyclic amines) is 1. The summed E-state index contributed by atoms with van der Waals surface area (Å²) < 4.78 is 22.0. The van der Waals surface area contributed by atoms with E-state index in [0.717, 1.165) is 52.9 Å². The molecule has 0 N–H and O–H groups in total. The largest absolute Gasteiger partial charge is 0.493 e. The quantitative estimate of drug-likeness (QED) is 0.412. The normalized spacial score (nSPS) is 37.7. The highest BCUT2D eigenvalue weighted by atomic mass is 32.2. The molecule has 3 heterocycles.